The second kappa shape index (κ2) is 3.34. The van der Waals surface area contributed by atoms with E-state index in [1.165, 1.54) is 0 Å². The Morgan fingerprint density at radius 3 is 2.82 bits per heavy atom. The van der Waals surface area contributed by atoms with Crippen LogP contribution in [0.1, 0.15) is 11.3 Å². The number of rotatable bonds is 2. The number of hydrogen-bond acceptors (Lipinski definition) is 3. The van der Waals surface area contributed by atoms with Gasteiger partial charge in [0.1, 0.15) is 5.82 Å². The fraction of sp³-hybridized carbons (Fsp3) is 0.375. The monoisotopic (exact) mass is 152 g/mol. The van der Waals surface area contributed by atoms with Gasteiger partial charge in [-0.1, -0.05) is 6.07 Å². The smallest absolute Gasteiger partial charge is 0.123 e. The van der Waals surface area contributed by atoms with Crippen molar-refractivity contribution in [2.75, 3.05) is 12.8 Å². The molecule has 0 aliphatic carbocycles. The number of aromatic nitrogens is 1. The van der Waals surface area contributed by atoms with Gasteiger partial charge >= 0.3 is 0 Å². The zero-order valence-electron chi connectivity index (χ0n) is 6.79. The predicted molar refractivity (Wildman–Crippen MR) is 44.1 cm³/mol. The van der Waals surface area contributed by atoms with Gasteiger partial charge in [0.25, 0.3) is 0 Å². The van der Waals surface area contributed by atoms with Crippen molar-refractivity contribution < 1.29 is 4.74 Å². The summed E-state index contributed by atoms with van der Waals surface area (Å²) in [5.41, 5.74) is 7.49. The van der Waals surface area contributed by atoms with E-state index < -0.39 is 0 Å². The molecule has 3 nitrogen and oxygen atoms in total. The molecule has 1 aromatic heterocycles. The first-order valence-corrected chi connectivity index (χ1v) is 3.45. The molecule has 0 unspecified atom stereocenters. The molecule has 0 spiro atoms. The van der Waals surface area contributed by atoms with Crippen LogP contribution in [0, 0.1) is 6.92 Å². The molecule has 3 heteroatoms. The predicted octanol–water partition coefficient (Wildman–Crippen LogP) is 1.12. The van der Waals surface area contributed by atoms with E-state index in [2.05, 4.69) is 4.98 Å². The summed E-state index contributed by atoms with van der Waals surface area (Å²) in [5.74, 6) is 0.558. The van der Waals surface area contributed by atoms with Crippen LogP contribution in [0.4, 0.5) is 5.82 Å². The normalized spacial score (nSPS) is 10.0. The Morgan fingerprint density at radius 2 is 2.27 bits per heavy atom. The average Bonchev–Trinajstić information content (AvgIpc) is 1.95. The highest BCUT2D eigenvalue weighted by Gasteiger charge is 1.97. The van der Waals surface area contributed by atoms with Crippen molar-refractivity contribution in [3.63, 3.8) is 0 Å². The van der Waals surface area contributed by atoms with Gasteiger partial charge in [-0.3, -0.25) is 0 Å². The van der Waals surface area contributed by atoms with Crippen molar-refractivity contribution in [1.82, 2.24) is 4.98 Å². The average molecular weight is 152 g/mol. The Bertz CT molecular complexity index is 248. The molecule has 0 aliphatic rings. The molecule has 1 rings (SSSR count). The minimum atomic E-state index is 0.558. The molecular formula is C8H12N2O. The molecule has 0 saturated heterocycles. The molecule has 60 valence electrons. The summed E-state index contributed by atoms with van der Waals surface area (Å²) >= 11 is 0. The summed E-state index contributed by atoms with van der Waals surface area (Å²) in [6, 6.07) is 3.71. The van der Waals surface area contributed by atoms with E-state index in [0.717, 1.165) is 11.3 Å². The number of anilines is 1. The van der Waals surface area contributed by atoms with Crippen LogP contribution in [0.5, 0.6) is 0 Å². The summed E-state index contributed by atoms with van der Waals surface area (Å²) in [5, 5.41) is 0. The molecule has 11 heavy (non-hydrogen) atoms. The van der Waals surface area contributed by atoms with Gasteiger partial charge < -0.3 is 10.5 Å². The van der Waals surface area contributed by atoms with Crippen molar-refractivity contribution in [2.45, 2.75) is 13.5 Å². The molecule has 0 amide bonds. The van der Waals surface area contributed by atoms with E-state index in [-0.39, 0.29) is 0 Å². The van der Waals surface area contributed by atoms with Crippen molar-refractivity contribution in [3.8, 4) is 0 Å². The third-order valence-corrected chi connectivity index (χ3v) is 1.52. The standard InChI is InChI=1S/C8H12N2O/c1-6-7(5-11-2)3-4-8(9)10-6/h3-4H,5H2,1-2H3,(H2,9,10). The van der Waals surface area contributed by atoms with Gasteiger partial charge in [0, 0.05) is 12.8 Å². The lowest BCUT2D eigenvalue weighted by molar-refractivity contribution is 0.184. The van der Waals surface area contributed by atoms with Crippen molar-refractivity contribution in [1.29, 1.82) is 0 Å². The van der Waals surface area contributed by atoms with Crippen LogP contribution in [0.3, 0.4) is 0 Å². The third kappa shape index (κ3) is 1.91. The molecule has 0 radical (unpaired) electrons. The van der Waals surface area contributed by atoms with Crippen LogP contribution in [-0.4, -0.2) is 12.1 Å². The lowest BCUT2D eigenvalue weighted by Gasteiger charge is -2.03. The number of pyridine rings is 1. The highest BCUT2D eigenvalue weighted by Crippen LogP contribution is 2.08. The number of methoxy groups -OCH3 is 1. The zero-order chi connectivity index (χ0) is 8.27. The molecule has 1 aromatic rings. The molecule has 0 fully saturated rings. The fourth-order valence-electron chi connectivity index (χ4n) is 0.917. The number of hydrogen-bond donors (Lipinski definition) is 1. The van der Waals surface area contributed by atoms with Gasteiger partial charge in [-0.15, -0.1) is 0 Å². The van der Waals surface area contributed by atoms with E-state index >= 15 is 0 Å². The van der Waals surface area contributed by atoms with E-state index in [0.29, 0.717) is 12.4 Å². The first-order valence-electron chi connectivity index (χ1n) is 3.45. The number of aryl methyl sites for hydroxylation is 1. The van der Waals surface area contributed by atoms with Crippen molar-refractivity contribution in [3.05, 3.63) is 23.4 Å². The summed E-state index contributed by atoms with van der Waals surface area (Å²) in [4.78, 5) is 4.09. The summed E-state index contributed by atoms with van der Waals surface area (Å²) in [7, 11) is 1.66. The first-order chi connectivity index (χ1) is 5.24. The highest BCUT2D eigenvalue weighted by molar-refractivity contribution is 5.33. The van der Waals surface area contributed by atoms with Gasteiger partial charge in [0.05, 0.1) is 6.61 Å². The number of nitrogens with two attached hydrogens (primary N) is 1. The highest BCUT2D eigenvalue weighted by atomic mass is 16.5. The van der Waals surface area contributed by atoms with Crippen LogP contribution >= 0.6 is 0 Å². The molecule has 0 aliphatic heterocycles. The fourth-order valence-corrected chi connectivity index (χ4v) is 0.917. The Morgan fingerprint density at radius 1 is 1.55 bits per heavy atom. The van der Waals surface area contributed by atoms with E-state index in [1.54, 1.807) is 13.2 Å². The molecule has 0 saturated carbocycles. The molecule has 0 bridgehead atoms. The van der Waals surface area contributed by atoms with Gasteiger partial charge in [0.15, 0.2) is 0 Å². The first kappa shape index (κ1) is 8.01. The quantitative estimate of drug-likeness (QED) is 0.690. The SMILES string of the molecule is COCc1ccc(N)nc1C. The molecule has 1 heterocycles. The van der Waals surface area contributed by atoms with Crippen molar-refractivity contribution in [2.24, 2.45) is 0 Å². The van der Waals surface area contributed by atoms with Gasteiger partial charge in [-0.05, 0) is 18.6 Å². The van der Waals surface area contributed by atoms with Gasteiger partial charge in [-0.25, -0.2) is 4.98 Å². The topological polar surface area (TPSA) is 48.1 Å². The minimum Gasteiger partial charge on any atom is -0.384 e. The molecule has 2 N–H and O–H groups in total. The maximum atomic E-state index is 5.47. The second-order valence-corrected chi connectivity index (χ2v) is 2.41. The Balaban J connectivity index is 2.90. The maximum Gasteiger partial charge on any atom is 0.123 e. The van der Waals surface area contributed by atoms with Crippen LogP contribution in [0.15, 0.2) is 12.1 Å². The Labute approximate surface area is 66.2 Å². The van der Waals surface area contributed by atoms with Crippen molar-refractivity contribution >= 4 is 5.82 Å². The molecule has 0 atom stereocenters. The van der Waals surface area contributed by atoms with Gasteiger partial charge in [-0.2, -0.15) is 0 Å². The van der Waals surface area contributed by atoms with Crippen LogP contribution in [0.25, 0.3) is 0 Å². The summed E-state index contributed by atoms with van der Waals surface area (Å²) in [6.07, 6.45) is 0. The van der Waals surface area contributed by atoms with E-state index in [9.17, 15) is 0 Å². The Kier molecular flexibility index (Phi) is 2.44. The van der Waals surface area contributed by atoms with Crippen LogP contribution in [-0.2, 0) is 11.3 Å². The maximum absolute atomic E-state index is 5.47. The third-order valence-electron chi connectivity index (χ3n) is 1.52. The van der Waals surface area contributed by atoms with E-state index in [4.69, 9.17) is 10.5 Å². The molecular weight excluding hydrogens is 140 g/mol. The summed E-state index contributed by atoms with van der Waals surface area (Å²) < 4.78 is 4.97. The molecule has 0 aromatic carbocycles. The Hall–Kier alpha value is -1.09. The second-order valence-electron chi connectivity index (χ2n) is 2.41. The lowest BCUT2D eigenvalue weighted by atomic mass is 10.2. The minimum absolute atomic E-state index is 0.558. The largest absolute Gasteiger partial charge is 0.384 e. The van der Waals surface area contributed by atoms with Crippen LogP contribution in [0.2, 0.25) is 0 Å². The number of nitrogen functional groups attached to an aromatic ring is 1. The summed E-state index contributed by atoms with van der Waals surface area (Å²) in [6.45, 7) is 2.52. The zero-order valence-corrected chi connectivity index (χ0v) is 6.79. The van der Waals surface area contributed by atoms with Crippen LogP contribution < -0.4 is 5.73 Å². The number of nitrogens with zero attached hydrogens (tertiary/aromatic N) is 1. The van der Waals surface area contributed by atoms with Gasteiger partial charge in [0.2, 0.25) is 0 Å². The lowest BCUT2D eigenvalue weighted by Crippen LogP contribution is -1.97. The van der Waals surface area contributed by atoms with E-state index in [1.807, 2.05) is 13.0 Å². The number of ether oxygens (including phenoxy) is 1.